The zero-order chi connectivity index (χ0) is 9.90. The first-order valence-corrected chi connectivity index (χ1v) is 4.98. The number of hydrogen-bond acceptors (Lipinski definition) is 2. The summed E-state index contributed by atoms with van der Waals surface area (Å²) in [5, 5.41) is 3.58. The molecule has 1 aliphatic carbocycles. The van der Waals surface area contributed by atoms with Crippen LogP contribution in [0.5, 0.6) is 0 Å². The van der Waals surface area contributed by atoms with Gasteiger partial charge in [-0.15, -0.1) is 0 Å². The second kappa shape index (κ2) is 3.97. The molecule has 2 heteroatoms. The fourth-order valence-electron chi connectivity index (χ4n) is 1.52. The van der Waals surface area contributed by atoms with Gasteiger partial charge in [-0.2, -0.15) is 0 Å². The maximum Gasteiger partial charge on any atom is 0.0377 e. The van der Waals surface area contributed by atoms with Gasteiger partial charge in [0.1, 0.15) is 0 Å². The SMILES string of the molecule is CCC(C)NC1(C)C=CC(N)=CC1. The summed E-state index contributed by atoms with van der Waals surface area (Å²) < 4.78 is 0. The summed E-state index contributed by atoms with van der Waals surface area (Å²) in [4.78, 5) is 0. The van der Waals surface area contributed by atoms with Crippen LogP contribution in [0.15, 0.2) is 23.9 Å². The Bertz CT molecular complexity index is 230. The normalized spacial score (nSPS) is 29.9. The first-order chi connectivity index (χ1) is 6.06. The second-order valence-electron chi connectivity index (χ2n) is 4.11. The van der Waals surface area contributed by atoms with Gasteiger partial charge in [0.15, 0.2) is 0 Å². The lowest BCUT2D eigenvalue weighted by atomic mass is 9.91. The molecule has 0 saturated heterocycles. The molecule has 13 heavy (non-hydrogen) atoms. The van der Waals surface area contributed by atoms with Crippen molar-refractivity contribution < 1.29 is 0 Å². The predicted molar refractivity (Wildman–Crippen MR) is 57.3 cm³/mol. The van der Waals surface area contributed by atoms with E-state index in [0.717, 1.165) is 18.5 Å². The average molecular weight is 180 g/mol. The summed E-state index contributed by atoms with van der Waals surface area (Å²) in [5.41, 5.74) is 6.64. The summed E-state index contributed by atoms with van der Waals surface area (Å²) in [5.74, 6) is 0. The largest absolute Gasteiger partial charge is 0.399 e. The predicted octanol–water partition coefficient (Wildman–Crippen LogP) is 1.94. The Morgan fingerprint density at radius 1 is 1.69 bits per heavy atom. The van der Waals surface area contributed by atoms with Gasteiger partial charge in [-0.3, -0.25) is 0 Å². The van der Waals surface area contributed by atoms with Crippen molar-refractivity contribution in [2.24, 2.45) is 5.73 Å². The lowest BCUT2D eigenvalue weighted by Crippen LogP contribution is -2.46. The number of rotatable bonds is 3. The average Bonchev–Trinajstić information content (AvgIpc) is 2.10. The van der Waals surface area contributed by atoms with E-state index in [0.29, 0.717) is 6.04 Å². The van der Waals surface area contributed by atoms with E-state index >= 15 is 0 Å². The molecule has 74 valence electrons. The molecule has 0 saturated carbocycles. The van der Waals surface area contributed by atoms with E-state index < -0.39 is 0 Å². The van der Waals surface area contributed by atoms with Crippen molar-refractivity contribution in [1.82, 2.24) is 5.32 Å². The molecular weight excluding hydrogens is 160 g/mol. The molecule has 0 aromatic heterocycles. The molecule has 0 aromatic rings. The molecular formula is C11H20N2. The van der Waals surface area contributed by atoms with Crippen molar-refractivity contribution >= 4 is 0 Å². The van der Waals surface area contributed by atoms with Crippen LogP contribution in [-0.4, -0.2) is 11.6 Å². The Morgan fingerprint density at radius 2 is 2.38 bits per heavy atom. The first kappa shape index (κ1) is 10.3. The van der Waals surface area contributed by atoms with E-state index in [1.165, 1.54) is 0 Å². The molecule has 0 amide bonds. The number of hydrogen-bond donors (Lipinski definition) is 2. The minimum atomic E-state index is 0.0955. The highest BCUT2D eigenvalue weighted by Crippen LogP contribution is 2.19. The van der Waals surface area contributed by atoms with Gasteiger partial charge in [-0.05, 0) is 32.8 Å². The zero-order valence-electron chi connectivity index (χ0n) is 8.80. The molecule has 0 bridgehead atoms. The Balaban J connectivity index is 2.55. The molecule has 0 heterocycles. The third kappa shape index (κ3) is 2.88. The van der Waals surface area contributed by atoms with Crippen LogP contribution < -0.4 is 11.1 Å². The highest BCUT2D eigenvalue weighted by atomic mass is 15.0. The third-order valence-corrected chi connectivity index (χ3v) is 2.59. The second-order valence-corrected chi connectivity index (χ2v) is 4.11. The van der Waals surface area contributed by atoms with Gasteiger partial charge in [-0.25, -0.2) is 0 Å². The summed E-state index contributed by atoms with van der Waals surface area (Å²) in [7, 11) is 0. The molecule has 0 radical (unpaired) electrons. The highest BCUT2D eigenvalue weighted by molar-refractivity contribution is 5.26. The van der Waals surface area contributed by atoms with Crippen molar-refractivity contribution in [1.29, 1.82) is 0 Å². The van der Waals surface area contributed by atoms with Crippen molar-refractivity contribution in [3.05, 3.63) is 23.9 Å². The van der Waals surface area contributed by atoms with Gasteiger partial charge in [0, 0.05) is 17.3 Å². The van der Waals surface area contributed by atoms with Crippen LogP contribution in [0.4, 0.5) is 0 Å². The van der Waals surface area contributed by atoms with Crippen molar-refractivity contribution in [2.75, 3.05) is 0 Å². The van der Waals surface area contributed by atoms with Gasteiger partial charge in [0.05, 0.1) is 0 Å². The Morgan fingerprint density at radius 3 is 2.85 bits per heavy atom. The quantitative estimate of drug-likeness (QED) is 0.696. The molecule has 0 spiro atoms. The molecule has 0 fully saturated rings. The van der Waals surface area contributed by atoms with Crippen LogP contribution in [0.2, 0.25) is 0 Å². The van der Waals surface area contributed by atoms with E-state index in [4.69, 9.17) is 5.73 Å². The summed E-state index contributed by atoms with van der Waals surface area (Å²) in [6.07, 6.45) is 8.37. The molecule has 2 atom stereocenters. The van der Waals surface area contributed by atoms with Crippen LogP contribution in [-0.2, 0) is 0 Å². The Kier molecular flexibility index (Phi) is 3.15. The van der Waals surface area contributed by atoms with E-state index in [1.807, 2.05) is 6.08 Å². The Hall–Kier alpha value is -0.760. The lowest BCUT2D eigenvalue weighted by molar-refractivity contribution is 0.376. The van der Waals surface area contributed by atoms with Gasteiger partial charge in [0.25, 0.3) is 0 Å². The standard InChI is InChI=1S/C11H20N2/c1-4-9(2)13-11(3)7-5-10(12)6-8-11/h5-7,9,13H,4,8,12H2,1-3H3. The highest BCUT2D eigenvalue weighted by Gasteiger charge is 2.22. The fraction of sp³-hybridized carbons (Fsp3) is 0.636. The van der Waals surface area contributed by atoms with Crippen molar-refractivity contribution in [3.63, 3.8) is 0 Å². The maximum absolute atomic E-state index is 5.67. The van der Waals surface area contributed by atoms with E-state index in [1.54, 1.807) is 0 Å². The molecule has 2 nitrogen and oxygen atoms in total. The summed E-state index contributed by atoms with van der Waals surface area (Å²) in [6.45, 7) is 6.61. The van der Waals surface area contributed by atoms with Gasteiger partial charge in [-0.1, -0.05) is 19.1 Å². The monoisotopic (exact) mass is 180 g/mol. The van der Waals surface area contributed by atoms with Crippen LogP contribution in [0, 0.1) is 0 Å². The van der Waals surface area contributed by atoms with E-state index in [-0.39, 0.29) is 5.54 Å². The zero-order valence-corrected chi connectivity index (χ0v) is 8.80. The van der Waals surface area contributed by atoms with Crippen LogP contribution >= 0.6 is 0 Å². The fourth-order valence-corrected chi connectivity index (χ4v) is 1.52. The smallest absolute Gasteiger partial charge is 0.0377 e. The van der Waals surface area contributed by atoms with Crippen LogP contribution in [0.1, 0.15) is 33.6 Å². The third-order valence-electron chi connectivity index (χ3n) is 2.59. The molecule has 2 unspecified atom stereocenters. The Labute approximate surface area is 80.9 Å². The topological polar surface area (TPSA) is 38.0 Å². The number of nitrogens with two attached hydrogens (primary N) is 1. The van der Waals surface area contributed by atoms with Crippen molar-refractivity contribution in [2.45, 2.75) is 45.2 Å². The summed E-state index contributed by atoms with van der Waals surface area (Å²) in [6, 6.07) is 0.558. The number of allylic oxidation sites excluding steroid dienone is 1. The molecule has 3 N–H and O–H groups in total. The molecule has 1 aliphatic rings. The summed E-state index contributed by atoms with van der Waals surface area (Å²) >= 11 is 0. The minimum absolute atomic E-state index is 0.0955. The van der Waals surface area contributed by atoms with Gasteiger partial charge < -0.3 is 11.1 Å². The molecule has 0 aromatic carbocycles. The van der Waals surface area contributed by atoms with Gasteiger partial charge >= 0.3 is 0 Å². The maximum atomic E-state index is 5.67. The molecule has 1 rings (SSSR count). The van der Waals surface area contributed by atoms with E-state index in [9.17, 15) is 0 Å². The lowest BCUT2D eigenvalue weighted by Gasteiger charge is -2.32. The van der Waals surface area contributed by atoms with Crippen LogP contribution in [0.25, 0.3) is 0 Å². The van der Waals surface area contributed by atoms with E-state index in [2.05, 4.69) is 38.2 Å². The van der Waals surface area contributed by atoms with Gasteiger partial charge in [0.2, 0.25) is 0 Å². The van der Waals surface area contributed by atoms with Crippen LogP contribution in [0.3, 0.4) is 0 Å². The minimum Gasteiger partial charge on any atom is -0.399 e. The first-order valence-electron chi connectivity index (χ1n) is 4.98. The van der Waals surface area contributed by atoms with Crippen molar-refractivity contribution in [3.8, 4) is 0 Å². The molecule has 0 aliphatic heterocycles. The number of nitrogens with one attached hydrogen (secondary N) is 1.